The SMILES string of the molecule is Cc1nn(C)c(C)c1C1NCCS1. The van der Waals surface area contributed by atoms with Crippen LogP contribution < -0.4 is 5.32 Å². The Morgan fingerprint density at radius 3 is 2.77 bits per heavy atom. The van der Waals surface area contributed by atoms with Gasteiger partial charge in [-0.05, 0) is 13.8 Å². The number of nitrogens with one attached hydrogen (secondary N) is 1. The van der Waals surface area contributed by atoms with E-state index >= 15 is 0 Å². The molecule has 0 aromatic carbocycles. The predicted molar refractivity (Wildman–Crippen MR) is 55.9 cm³/mol. The van der Waals surface area contributed by atoms with Crippen LogP contribution in [0.25, 0.3) is 0 Å². The Morgan fingerprint density at radius 2 is 2.31 bits per heavy atom. The lowest BCUT2D eigenvalue weighted by Crippen LogP contribution is -2.13. The maximum absolute atomic E-state index is 4.42. The first-order chi connectivity index (χ1) is 6.20. The van der Waals surface area contributed by atoms with Crippen LogP contribution in [0.5, 0.6) is 0 Å². The van der Waals surface area contributed by atoms with Crippen LogP contribution in [0, 0.1) is 13.8 Å². The number of thioether (sulfide) groups is 1. The molecule has 0 radical (unpaired) electrons. The van der Waals surface area contributed by atoms with Crippen molar-refractivity contribution in [3.8, 4) is 0 Å². The topological polar surface area (TPSA) is 29.9 Å². The summed E-state index contributed by atoms with van der Waals surface area (Å²) in [6.07, 6.45) is 0. The van der Waals surface area contributed by atoms with Gasteiger partial charge in [-0.3, -0.25) is 4.68 Å². The highest BCUT2D eigenvalue weighted by molar-refractivity contribution is 7.99. The van der Waals surface area contributed by atoms with Crippen molar-refractivity contribution in [2.24, 2.45) is 7.05 Å². The van der Waals surface area contributed by atoms with E-state index in [9.17, 15) is 0 Å². The van der Waals surface area contributed by atoms with Gasteiger partial charge in [0.15, 0.2) is 0 Å². The van der Waals surface area contributed by atoms with Crippen LogP contribution in [0.4, 0.5) is 0 Å². The standard InChI is InChI=1S/C9H15N3S/c1-6-8(7(2)12(3)11-6)9-10-4-5-13-9/h9-10H,4-5H2,1-3H3. The molecule has 1 aliphatic rings. The molecule has 0 amide bonds. The first-order valence-corrected chi connectivity index (χ1v) is 5.60. The van der Waals surface area contributed by atoms with E-state index in [2.05, 4.69) is 24.3 Å². The van der Waals surface area contributed by atoms with Gasteiger partial charge in [-0.25, -0.2) is 0 Å². The summed E-state index contributed by atoms with van der Waals surface area (Å²) in [5, 5.41) is 8.36. The summed E-state index contributed by atoms with van der Waals surface area (Å²) < 4.78 is 1.96. The van der Waals surface area contributed by atoms with E-state index in [0.29, 0.717) is 5.37 Å². The minimum Gasteiger partial charge on any atom is -0.301 e. The Bertz CT molecular complexity index is 313. The molecule has 1 saturated heterocycles. The minimum absolute atomic E-state index is 0.466. The summed E-state index contributed by atoms with van der Waals surface area (Å²) in [7, 11) is 2.01. The molecule has 0 spiro atoms. The van der Waals surface area contributed by atoms with Gasteiger partial charge in [0, 0.05) is 30.6 Å². The molecule has 1 fully saturated rings. The third kappa shape index (κ3) is 1.48. The van der Waals surface area contributed by atoms with E-state index in [0.717, 1.165) is 12.2 Å². The quantitative estimate of drug-likeness (QED) is 0.737. The molecule has 1 unspecified atom stereocenters. The Morgan fingerprint density at radius 1 is 1.54 bits per heavy atom. The fourth-order valence-electron chi connectivity index (χ4n) is 1.78. The van der Waals surface area contributed by atoms with Gasteiger partial charge in [0.2, 0.25) is 0 Å². The summed E-state index contributed by atoms with van der Waals surface area (Å²) in [5.41, 5.74) is 3.82. The molecule has 0 aliphatic carbocycles. The third-order valence-electron chi connectivity index (χ3n) is 2.54. The molecule has 3 nitrogen and oxygen atoms in total. The molecular weight excluding hydrogens is 182 g/mol. The number of aryl methyl sites for hydroxylation is 2. The highest BCUT2D eigenvalue weighted by Crippen LogP contribution is 2.33. The monoisotopic (exact) mass is 197 g/mol. The molecule has 0 bridgehead atoms. The third-order valence-corrected chi connectivity index (χ3v) is 3.72. The lowest BCUT2D eigenvalue weighted by molar-refractivity contribution is 0.720. The lowest BCUT2D eigenvalue weighted by Gasteiger charge is -2.09. The molecular formula is C9H15N3S. The lowest BCUT2D eigenvalue weighted by atomic mass is 10.2. The first kappa shape index (κ1) is 9.09. The smallest absolute Gasteiger partial charge is 0.0826 e. The zero-order valence-corrected chi connectivity index (χ0v) is 9.11. The number of hydrogen-bond acceptors (Lipinski definition) is 3. The van der Waals surface area contributed by atoms with Crippen LogP contribution >= 0.6 is 11.8 Å². The Kier molecular flexibility index (Phi) is 2.34. The number of nitrogens with zero attached hydrogens (tertiary/aromatic N) is 2. The molecule has 0 saturated carbocycles. The molecule has 72 valence electrons. The highest BCUT2D eigenvalue weighted by Gasteiger charge is 2.23. The minimum atomic E-state index is 0.466. The molecule has 4 heteroatoms. The van der Waals surface area contributed by atoms with Gasteiger partial charge in [0.05, 0.1) is 11.1 Å². The molecule has 13 heavy (non-hydrogen) atoms. The van der Waals surface area contributed by atoms with E-state index in [1.54, 1.807) is 0 Å². The number of aromatic nitrogens is 2. The largest absolute Gasteiger partial charge is 0.301 e. The maximum atomic E-state index is 4.42. The molecule has 1 atom stereocenters. The van der Waals surface area contributed by atoms with Crippen molar-refractivity contribution in [2.75, 3.05) is 12.3 Å². The zero-order valence-electron chi connectivity index (χ0n) is 8.29. The Balaban J connectivity index is 2.37. The molecule has 2 rings (SSSR count). The average Bonchev–Trinajstić information content (AvgIpc) is 2.63. The van der Waals surface area contributed by atoms with Crippen LogP contribution in [-0.4, -0.2) is 22.1 Å². The van der Waals surface area contributed by atoms with Gasteiger partial charge < -0.3 is 5.32 Å². The van der Waals surface area contributed by atoms with Gasteiger partial charge in [-0.2, -0.15) is 5.10 Å². The van der Waals surface area contributed by atoms with Crippen LogP contribution in [0.15, 0.2) is 0 Å². The summed E-state index contributed by atoms with van der Waals surface area (Å²) >= 11 is 1.97. The zero-order chi connectivity index (χ0) is 9.42. The average molecular weight is 197 g/mol. The molecule has 2 heterocycles. The van der Waals surface area contributed by atoms with E-state index in [4.69, 9.17) is 0 Å². The van der Waals surface area contributed by atoms with Gasteiger partial charge in [-0.15, -0.1) is 11.8 Å². The normalized spacial score (nSPS) is 22.5. The van der Waals surface area contributed by atoms with Gasteiger partial charge in [-0.1, -0.05) is 0 Å². The van der Waals surface area contributed by atoms with E-state index < -0.39 is 0 Å². The van der Waals surface area contributed by atoms with E-state index in [1.807, 2.05) is 23.5 Å². The summed E-state index contributed by atoms with van der Waals surface area (Å²) in [6.45, 7) is 5.34. The van der Waals surface area contributed by atoms with Gasteiger partial charge in [0.25, 0.3) is 0 Å². The van der Waals surface area contributed by atoms with Crippen molar-refractivity contribution in [2.45, 2.75) is 19.2 Å². The number of rotatable bonds is 1. The molecule has 1 aromatic rings. The van der Waals surface area contributed by atoms with Gasteiger partial charge >= 0.3 is 0 Å². The van der Waals surface area contributed by atoms with Crippen molar-refractivity contribution < 1.29 is 0 Å². The van der Waals surface area contributed by atoms with E-state index in [1.165, 1.54) is 17.0 Å². The summed E-state index contributed by atoms with van der Waals surface area (Å²) in [6, 6.07) is 0. The van der Waals surface area contributed by atoms with Crippen LogP contribution in [0.1, 0.15) is 22.3 Å². The van der Waals surface area contributed by atoms with E-state index in [-0.39, 0.29) is 0 Å². The fourth-order valence-corrected chi connectivity index (χ4v) is 3.00. The van der Waals surface area contributed by atoms with Crippen LogP contribution in [-0.2, 0) is 7.05 Å². The fraction of sp³-hybridized carbons (Fsp3) is 0.667. The van der Waals surface area contributed by atoms with Crippen molar-refractivity contribution in [3.05, 3.63) is 17.0 Å². The second-order valence-electron chi connectivity index (χ2n) is 3.41. The van der Waals surface area contributed by atoms with Crippen LogP contribution in [0.2, 0.25) is 0 Å². The summed E-state index contributed by atoms with van der Waals surface area (Å²) in [5.74, 6) is 1.21. The predicted octanol–water partition coefficient (Wildman–Crippen LogP) is 1.37. The Hall–Kier alpha value is -0.480. The van der Waals surface area contributed by atoms with Gasteiger partial charge in [0.1, 0.15) is 0 Å². The molecule has 1 N–H and O–H groups in total. The molecule has 1 aliphatic heterocycles. The first-order valence-electron chi connectivity index (χ1n) is 4.55. The highest BCUT2D eigenvalue weighted by atomic mass is 32.2. The van der Waals surface area contributed by atoms with Crippen LogP contribution in [0.3, 0.4) is 0 Å². The molecule has 1 aromatic heterocycles. The number of hydrogen-bond donors (Lipinski definition) is 1. The van der Waals surface area contributed by atoms with Crippen molar-refractivity contribution in [1.29, 1.82) is 0 Å². The van der Waals surface area contributed by atoms with Crippen molar-refractivity contribution >= 4 is 11.8 Å². The maximum Gasteiger partial charge on any atom is 0.0826 e. The Labute approximate surface area is 82.9 Å². The summed E-state index contributed by atoms with van der Waals surface area (Å²) in [4.78, 5) is 0. The second kappa shape index (κ2) is 3.35. The van der Waals surface area contributed by atoms with Crippen molar-refractivity contribution in [3.63, 3.8) is 0 Å². The van der Waals surface area contributed by atoms with Crippen molar-refractivity contribution in [1.82, 2.24) is 15.1 Å². The second-order valence-corrected chi connectivity index (χ2v) is 4.63.